The van der Waals surface area contributed by atoms with E-state index in [9.17, 15) is 0 Å². The Balaban J connectivity index is 1.98. The maximum atomic E-state index is 5.66. The van der Waals surface area contributed by atoms with E-state index in [2.05, 4.69) is 66.2 Å². The maximum absolute atomic E-state index is 5.66. The smallest absolute Gasteiger partial charge is 0.0486 e. The largest absolute Gasteiger partial charge is 0.343 e. The molecule has 2 heteroatoms. The minimum absolute atomic E-state index is 0.747. The van der Waals surface area contributed by atoms with E-state index in [4.69, 9.17) is 5.73 Å². The Labute approximate surface area is 126 Å². The fraction of sp³-hybridized carbons (Fsp3) is 0.263. The molecule has 3 aromatic rings. The van der Waals surface area contributed by atoms with Crippen LogP contribution < -0.4 is 5.73 Å². The zero-order valence-electron chi connectivity index (χ0n) is 12.5. The van der Waals surface area contributed by atoms with E-state index < -0.39 is 0 Å². The van der Waals surface area contributed by atoms with Crippen LogP contribution in [-0.4, -0.2) is 11.1 Å². The van der Waals surface area contributed by atoms with Gasteiger partial charge in [-0.1, -0.05) is 48.0 Å². The Kier molecular flexibility index (Phi) is 4.07. The number of hydrogen-bond donors (Lipinski definition) is 1. The predicted octanol–water partition coefficient (Wildman–Crippen LogP) is 3.89. The summed E-state index contributed by atoms with van der Waals surface area (Å²) in [7, 11) is 0. The average Bonchev–Trinajstić information content (AvgIpc) is 2.84. The minimum atomic E-state index is 0.747. The van der Waals surface area contributed by atoms with Crippen molar-refractivity contribution in [2.45, 2.75) is 26.3 Å². The summed E-state index contributed by atoms with van der Waals surface area (Å²) in [5.74, 6) is 0. The lowest BCUT2D eigenvalue weighted by molar-refractivity contribution is 0.806. The van der Waals surface area contributed by atoms with Crippen LogP contribution in [0.1, 0.15) is 23.1 Å². The minimum Gasteiger partial charge on any atom is -0.343 e. The van der Waals surface area contributed by atoms with Crippen molar-refractivity contribution in [1.29, 1.82) is 0 Å². The van der Waals surface area contributed by atoms with Gasteiger partial charge in [-0.2, -0.15) is 0 Å². The van der Waals surface area contributed by atoms with E-state index in [0.717, 1.165) is 25.9 Å². The van der Waals surface area contributed by atoms with Crippen molar-refractivity contribution >= 4 is 10.9 Å². The van der Waals surface area contributed by atoms with Crippen LogP contribution in [0, 0.1) is 6.92 Å². The van der Waals surface area contributed by atoms with E-state index in [-0.39, 0.29) is 0 Å². The number of benzene rings is 2. The highest BCUT2D eigenvalue weighted by Crippen LogP contribution is 2.23. The van der Waals surface area contributed by atoms with Gasteiger partial charge < -0.3 is 10.3 Å². The lowest BCUT2D eigenvalue weighted by Crippen LogP contribution is -2.00. The van der Waals surface area contributed by atoms with Gasteiger partial charge in [0.2, 0.25) is 0 Å². The molecule has 0 unspecified atom stereocenters. The summed E-state index contributed by atoms with van der Waals surface area (Å²) in [5.41, 5.74) is 11.0. The molecule has 1 heterocycles. The standard InChI is InChI=1S/C19H22N2/c1-15-6-4-7-16(12-15)13-21-14-17(8-5-11-20)18-9-2-3-10-19(18)21/h2-4,6-7,9-10,12,14H,5,8,11,13,20H2,1H3. The molecule has 0 fully saturated rings. The van der Waals surface area contributed by atoms with E-state index in [0.29, 0.717) is 0 Å². The number of aromatic nitrogens is 1. The highest BCUT2D eigenvalue weighted by Gasteiger charge is 2.08. The van der Waals surface area contributed by atoms with Crippen LogP contribution in [0.25, 0.3) is 10.9 Å². The normalized spacial score (nSPS) is 11.1. The molecule has 0 saturated heterocycles. The second kappa shape index (κ2) is 6.15. The summed E-state index contributed by atoms with van der Waals surface area (Å²) >= 11 is 0. The third kappa shape index (κ3) is 3.01. The van der Waals surface area contributed by atoms with Gasteiger partial charge in [0.05, 0.1) is 0 Å². The van der Waals surface area contributed by atoms with Gasteiger partial charge in [0, 0.05) is 23.6 Å². The van der Waals surface area contributed by atoms with Crippen molar-refractivity contribution in [2.24, 2.45) is 5.73 Å². The summed E-state index contributed by atoms with van der Waals surface area (Å²) in [4.78, 5) is 0. The molecular weight excluding hydrogens is 256 g/mol. The lowest BCUT2D eigenvalue weighted by atomic mass is 10.1. The first-order valence-corrected chi connectivity index (χ1v) is 7.60. The molecule has 0 saturated carbocycles. The van der Waals surface area contributed by atoms with Gasteiger partial charge in [0.1, 0.15) is 0 Å². The molecule has 21 heavy (non-hydrogen) atoms. The number of nitrogens with two attached hydrogens (primary N) is 1. The van der Waals surface area contributed by atoms with Crippen molar-refractivity contribution in [2.75, 3.05) is 6.54 Å². The first-order valence-electron chi connectivity index (χ1n) is 7.60. The average molecular weight is 278 g/mol. The molecule has 2 N–H and O–H groups in total. The van der Waals surface area contributed by atoms with Crippen LogP contribution in [0.5, 0.6) is 0 Å². The van der Waals surface area contributed by atoms with Crippen molar-refractivity contribution in [3.05, 3.63) is 71.4 Å². The van der Waals surface area contributed by atoms with E-state index in [1.807, 2.05) is 0 Å². The number of hydrogen-bond acceptors (Lipinski definition) is 1. The van der Waals surface area contributed by atoms with Crippen molar-refractivity contribution in [1.82, 2.24) is 4.57 Å². The molecule has 0 radical (unpaired) electrons. The van der Waals surface area contributed by atoms with Gasteiger partial charge >= 0.3 is 0 Å². The molecule has 0 aliphatic heterocycles. The van der Waals surface area contributed by atoms with Crippen LogP contribution in [0.3, 0.4) is 0 Å². The Morgan fingerprint density at radius 2 is 1.90 bits per heavy atom. The van der Waals surface area contributed by atoms with Gasteiger partial charge in [-0.05, 0) is 43.5 Å². The monoisotopic (exact) mass is 278 g/mol. The molecule has 108 valence electrons. The quantitative estimate of drug-likeness (QED) is 0.754. The molecule has 0 aliphatic rings. The first kappa shape index (κ1) is 13.9. The third-order valence-corrected chi connectivity index (χ3v) is 3.96. The third-order valence-electron chi connectivity index (χ3n) is 3.96. The molecule has 2 nitrogen and oxygen atoms in total. The van der Waals surface area contributed by atoms with Crippen molar-refractivity contribution < 1.29 is 0 Å². The van der Waals surface area contributed by atoms with Gasteiger partial charge in [0.25, 0.3) is 0 Å². The zero-order valence-corrected chi connectivity index (χ0v) is 12.5. The molecule has 2 aromatic carbocycles. The van der Waals surface area contributed by atoms with Crippen LogP contribution in [0.2, 0.25) is 0 Å². The van der Waals surface area contributed by atoms with Crippen molar-refractivity contribution in [3.8, 4) is 0 Å². The molecule has 0 spiro atoms. The molecule has 0 aliphatic carbocycles. The molecule has 0 amide bonds. The Bertz CT molecular complexity index is 740. The number of para-hydroxylation sites is 1. The zero-order chi connectivity index (χ0) is 14.7. The highest BCUT2D eigenvalue weighted by molar-refractivity contribution is 5.84. The molecule has 3 rings (SSSR count). The summed E-state index contributed by atoms with van der Waals surface area (Å²) in [6.45, 7) is 3.81. The highest BCUT2D eigenvalue weighted by atomic mass is 15.0. The molecular formula is C19H22N2. The SMILES string of the molecule is Cc1cccc(Cn2cc(CCCN)c3ccccc32)c1. The summed E-state index contributed by atoms with van der Waals surface area (Å²) in [6, 6.07) is 17.4. The van der Waals surface area contributed by atoms with Crippen LogP contribution in [0.4, 0.5) is 0 Å². The fourth-order valence-electron chi connectivity index (χ4n) is 2.95. The number of aryl methyl sites for hydroxylation is 2. The molecule has 1 aromatic heterocycles. The summed E-state index contributed by atoms with van der Waals surface area (Å²) < 4.78 is 2.36. The van der Waals surface area contributed by atoms with Crippen LogP contribution in [-0.2, 0) is 13.0 Å². The second-order valence-corrected chi connectivity index (χ2v) is 5.68. The van der Waals surface area contributed by atoms with Gasteiger partial charge in [-0.3, -0.25) is 0 Å². The van der Waals surface area contributed by atoms with Crippen LogP contribution in [0.15, 0.2) is 54.7 Å². The van der Waals surface area contributed by atoms with Crippen molar-refractivity contribution in [3.63, 3.8) is 0 Å². The van der Waals surface area contributed by atoms with E-state index in [1.165, 1.54) is 27.6 Å². The molecule has 0 bridgehead atoms. The van der Waals surface area contributed by atoms with Gasteiger partial charge in [-0.25, -0.2) is 0 Å². The first-order chi connectivity index (χ1) is 10.3. The van der Waals surface area contributed by atoms with Gasteiger partial charge in [0.15, 0.2) is 0 Å². The molecule has 0 atom stereocenters. The Morgan fingerprint density at radius 1 is 1.05 bits per heavy atom. The maximum Gasteiger partial charge on any atom is 0.0486 e. The Morgan fingerprint density at radius 3 is 2.71 bits per heavy atom. The number of nitrogens with zero attached hydrogens (tertiary/aromatic N) is 1. The van der Waals surface area contributed by atoms with Crippen LogP contribution >= 0.6 is 0 Å². The number of rotatable bonds is 5. The van der Waals surface area contributed by atoms with E-state index >= 15 is 0 Å². The number of fused-ring (bicyclic) bond motifs is 1. The summed E-state index contributed by atoms with van der Waals surface area (Å²) in [6.07, 6.45) is 4.39. The Hall–Kier alpha value is -2.06. The topological polar surface area (TPSA) is 30.9 Å². The summed E-state index contributed by atoms with van der Waals surface area (Å²) in [5, 5.41) is 1.36. The predicted molar refractivity (Wildman–Crippen MR) is 89.6 cm³/mol. The fourth-order valence-corrected chi connectivity index (χ4v) is 2.95. The second-order valence-electron chi connectivity index (χ2n) is 5.68. The lowest BCUT2D eigenvalue weighted by Gasteiger charge is -2.06. The van der Waals surface area contributed by atoms with E-state index in [1.54, 1.807) is 0 Å². The van der Waals surface area contributed by atoms with Gasteiger partial charge in [-0.15, -0.1) is 0 Å².